The second kappa shape index (κ2) is 9.63. The van der Waals surface area contributed by atoms with Gasteiger partial charge in [0, 0.05) is 15.8 Å². The summed E-state index contributed by atoms with van der Waals surface area (Å²) in [6.07, 6.45) is 3.25. The van der Waals surface area contributed by atoms with Gasteiger partial charge in [0.2, 0.25) is 0 Å². The lowest BCUT2D eigenvalue weighted by Gasteiger charge is -2.27. The van der Waals surface area contributed by atoms with Gasteiger partial charge in [0.05, 0.1) is 37.9 Å². The predicted molar refractivity (Wildman–Crippen MR) is 146 cm³/mol. The van der Waals surface area contributed by atoms with Crippen LogP contribution in [0.3, 0.4) is 0 Å². The summed E-state index contributed by atoms with van der Waals surface area (Å²) in [6, 6.07) is 8.96. The van der Waals surface area contributed by atoms with Crippen LogP contribution in [0.15, 0.2) is 42.7 Å². The number of amides is 2. The molecule has 0 radical (unpaired) electrons. The number of thiophene rings is 1. The van der Waals surface area contributed by atoms with Crippen molar-refractivity contribution in [3.63, 3.8) is 0 Å². The fraction of sp³-hybridized carbons (Fsp3) is 0.250. The topological polar surface area (TPSA) is 99.8 Å². The van der Waals surface area contributed by atoms with Gasteiger partial charge in [-0.05, 0) is 65.3 Å². The van der Waals surface area contributed by atoms with Crippen LogP contribution in [0.2, 0.25) is 5.02 Å². The molecule has 0 aliphatic carbocycles. The van der Waals surface area contributed by atoms with E-state index in [2.05, 4.69) is 68.9 Å². The van der Waals surface area contributed by atoms with E-state index in [9.17, 15) is 9.59 Å². The molecule has 4 aromatic rings. The number of carbonyl (C=O) groups excluding carboxylic acids is 2. The number of rotatable bonds is 5. The second-order valence-corrected chi connectivity index (χ2v) is 11.7. The predicted octanol–water partition coefficient (Wildman–Crippen LogP) is 6.36. The van der Waals surface area contributed by atoms with E-state index in [-0.39, 0.29) is 23.3 Å². The number of benzene rings is 1. The van der Waals surface area contributed by atoms with Crippen molar-refractivity contribution in [2.75, 3.05) is 5.32 Å². The number of hydrogen-bond donors (Lipinski definition) is 3. The number of carbonyl (C=O) groups is 2. The number of hydrogen-bond acceptors (Lipinski definition) is 5. The van der Waals surface area contributed by atoms with Crippen molar-refractivity contribution in [1.82, 2.24) is 20.3 Å². The summed E-state index contributed by atoms with van der Waals surface area (Å²) < 4.78 is 0.985. The van der Waals surface area contributed by atoms with Crippen LogP contribution in [0.5, 0.6) is 0 Å². The zero-order valence-electron chi connectivity index (χ0n) is 19.0. The maximum Gasteiger partial charge on any atom is 0.265 e. The molecule has 0 bridgehead atoms. The van der Waals surface area contributed by atoms with Gasteiger partial charge >= 0.3 is 0 Å². The lowest BCUT2D eigenvalue weighted by atomic mass is 9.88. The Kier molecular flexibility index (Phi) is 6.97. The van der Waals surface area contributed by atoms with Gasteiger partial charge < -0.3 is 15.6 Å². The van der Waals surface area contributed by atoms with E-state index in [4.69, 9.17) is 11.6 Å². The molecule has 0 saturated carbocycles. The Morgan fingerprint density at radius 2 is 1.94 bits per heavy atom. The van der Waals surface area contributed by atoms with Crippen molar-refractivity contribution in [2.45, 2.75) is 33.7 Å². The molecule has 0 aliphatic heterocycles. The molecule has 34 heavy (non-hydrogen) atoms. The maximum atomic E-state index is 12.9. The first-order valence-electron chi connectivity index (χ1n) is 10.5. The second-order valence-electron chi connectivity index (χ2n) is 8.96. The van der Waals surface area contributed by atoms with Crippen molar-refractivity contribution in [3.05, 3.63) is 61.8 Å². The van der Waals surface area contributed by atoms with Gasteiger partial charge in [0.25, 0.3) is 11.8 Å². The maximum absolute atomic E-state index is 12.9. The summed E-state index contributed by atoms with van der Waals surface area (Å²) in [6.45, 7) is 8.19. The number of aromatic amines is 1. The minimum absolute atomic E-state index is 0.0268. The van der Waals surface area contributed by atoms with Crippen molar-refractivity contribution in [2.24, 2.45) is 5.41 Å². The molecule has 1 aromatic carbocycles. The molecule has 3 N–H and O–H groups in total. The highest BCUT2D eigenvalue weighted by Crippen LogP contribution is 2.30. The third kappa shape index (κ3) is 5.26. The van der Waals surface area contributed by atoms with Crippen LogP contribution in [0.1, 0.15) is 47.7 Å². The number of aromatic nitrogens is 3. The highest BCUT2D eigenvalue weighted by Gasteiger charge is 2.24. The van der Waals surface area contributed by atoms with E-state index in [1.54, 1.807) is 30.6 Å². The molecule has 3 aromatic heterocycles. The van der Waals surface area contributed by atoms with E-state index >= 15 is 0 Å². The van der Waals surface area contributed by atoms with E-state index in [0.29, 0.717) is 38.0 Å². The van der Waals surface area contributed by atoms with Gasteiger partial charge in [0.1, 0.15) is 5.52 Å². The minimum Gasteiger partial charge on any atom is -0.349 e. The van der Waals surface area contributed by atoms with Gasteiger partial charge in [-0.3, -0.25) is 9.59 Å². The first-order valence-corrected chi connectivity index (χ1v) is 12.8. The van der Waals surface area contributed by atoms with Crippen LogP contribution in [0.4, 0.5) is 5.69 Å². The van der Waals surface area contributed by atoms with Gasteiger partial charge in [-0.25, -0.2) is 9.97 Å². The van der Waals surface area contributed by atoms with Crippen molar-refractivity contribution in [3.8, 4) is 10.6 Å². The Hall–Kier alpha value is -2.50. The Morgan fingerprint density at radius 3 is 2.65 bits per heavy atom. The average Bonchev–Trinajstić information content (AvgIpc) is 3.42. The Morgan fingerprint density at radius 1 is 1.18 bits per heavy atom. The molecule has 0 fully saturated rings. The molecule has 10 heteroatoms. The van der Waals surface area contributed by atoms with Crippen molar-refractivity contribution < 1.29 is 9.59 Å². The van der Waals surface area contributed by atoms with Gasteiger partial charge in [-0.15, -0.1) is 11.3 Å². The van der Waals surface area contributed by atoms with E-state index < -0.39 is 0 Å². The molecule has 3 heterocycles. The van der Waals surface area contributed by atoms with Crippen LogP contribution >= 0.6 is 45.5 Å². The van der Waals surface area contributed by atoms with Crippen LogP contribution < -0.4 is 10.6 Å². The van der Waals surface area contributed by atoms with Crippen LogP contribution in [-0.4, -0.2) is 32.8 Å². The number of anilines is 1. The summed E-state index contributed by atoms with van der Waals surface area (Å²) >= 11 is 9.69. The number of nitrogens with one attached hydrogen (secondary N) is 3. The molecule has 2 amide bonds. The highest BCUT2D eigenvalue weighted by atomic mass is 127. The van der Waals surface area contributed by atoms with Crippen molar-refractivity contribution in [1.29, 1.82) is 0 Å². The van der Waals surface area contributed by atoms with Crippen LogP contribution in [0, 0.1) is 8.99 Å². The third-order valence-corrected chi connectivity index (χ3v) is 7.62. The molecule has 4 rings (SSSR count). The Bertz CT molecular complexity index is 1390. The fourth-order valence-electron chi connectivity index (χ4n) is 3.05. The summed E-state index contributed by atoms with van der Waals surface area (Å²) in [5.41, 5.74) is 2.51. The van der Waals surface area contributed by atoms with Crippen molar-refractivity contribution >= 4 is 74.2 Å². The molecular formula is C24H23ClIN5O2S. The summed E-state index contributed by atoms with van der Waals surface area (Å²) in [4.78, 5) is 39.0. The molecule has 0 spiro atoms. The number of H-pyrrole nitrogens is 1. The molecule has 7 nitrogen and oxygen atoms in total. The van der Waals surface area contributed by atoms with Gasteiger partial charge in [0.15, 0.2) is 5.65 Å². The van der Waals surface area contributed by atoms with E-state index in [0.717, 1.165) is 8.45 Å². The number of fused-ring (bicyclic) bond motifs is 1. The minimum atomic E-state index is -0.258. The smallest absolute Gasteiger partial charge is 0.265 e. The summed E-state index contributed by atoms with van der Waals surface area (Å²) in [5.74, 6) is -0.466. The zero-order chi connectivity index (χ0) is 24.6. The molecule has 0 aliphatic rings. The van der Waals surface area contributed by atoms with Crippen LogP contribution in [0.25, 0.3) is 21.7 Å². The monoisotopic (exact) mass is 607 g/mol. The summed E-state index contributed by atoms with van der Waals surface area (Å²) in [5, 5.41) is 6.36. The highest BCUT2D eigenvalue weighted by molar-refractivity contribution is 14.1. The molecule has 176 valence electrons. The van der Waals surface area contributed by atoms with E-state index in [1.165, 1.54) is 11.3 Å². The fourth-order valence-corrected chi connectivity index (χ4v) is 4.81. The molecule has 1 atom stereocenters. The average molecular weight is 608 g/mol. The van der Waals surface area contributed by atoms with Gasteiger partial charge in [-0.1, -0.05) is 32.4 Å². The lowest BCUT2D eigenvalue weighted by Crippen LogP contribution is -2.41. The molecule has 0 saturated heterocycles. The SMILES string of the molecule is C[C@H](NC(=O)c1c[nH]c2ncc(-c3ccc(C(=O)Nc4ccc(I)cc4Cl)s3)nc12)C(C)(C)C. The van der Waals surface area contributed by atoms with Gasteiger partial charge in [-0.2, -0.15) is 0 Å². The standard InChI is InChI=1S/C24H23ClIN5O2S/c1-12(24(2,3)4)29-22(32)14-10-27-21-20(14)30-17(11-28-21)18-7-8-19(34-18)23(33)31-16-6-5-13(26)9-15(16)25/h5-12H,1-4H3,(H,27,28)(H,29,32)(H,31,33)/t12-/m0/s1. The quantitative estimate of drug-likeness (QED) is 0.230. The first-order chi connectivity index (χ1) is 16.0. The number of nitrogens with zero attached hydrogens (tertiary/aromatic N) is 2. The number of halogens is 2. The lowest BCUT2D eigenvalue weighted by molar-refractivity contribution is 0.0911. The largest absolute Gasteiger partial charge is 0.349 e. The van der Waals surface area contributed by atoms with E-state index in [1.807, 2.05) is 19.1 Å². The summed E-state index contributed by atoms with van der Waals surface area (Å²) in [7, 11) is 0. The third-order valence-electron chi connectivity index (χ3n) is 5.53. The molecular weight excluding hydrogens is 585 g/mol. The Balaban J connectivity index is 1.57. The Labute approximate surface area is 219 Å². The molecule has 0 unspecified atom stereocenters. The normalized spacial score (nSPS) is 12.5. The van der Waals surface area contributed by atoms with Crippen LogP contribution in [-0.2, 0) is 0 Å². The zero-order valence-corrected chi connectivity index (χ0v) is 22.7. The first kappa shape index (κ1) is 24.6.